The highest BCUT2D eigenvalue weighted by Gasteiger charge is 2.26. The minimum atomic E-state index is 0.755. The molecule has 1 aromatic heterocycles. The van der Waals surface area contributed by atoms with Crippen molar-refractivity contribution >= 4 is 12.2 Å². The SMILES string of the molecule is CN1C=[N+](C)Cc2nnn(Cc3ccccc3)c21. The molecule has 0 saturated carbocycles. The van der Waals surface area contributed by atoms with Gasteiger partial charge in [-0.15, -0.1) is 5.10 Å². The second kappa shape index (κ2) is 4.25. The molecule has 0 fully saturated rings. The van der Waals surface area contributed by atoms with E-state index >= 15 is 0 Å². The van der Waals surface area contributed by atoms with Gasteiger partial charge in [0, 0.05) is 0 Å². The maximum absolute atomic E-state index is 4.26. The first-order valence-corrected chi connectivity index (χ1v) is 5.98. The summed E-state index contributed by atoms with van der Waals surface area (Å²) in [4.78, 5) is 2.07. The van der Waals surface area contributed by atoms with Gasteiger partial charge in [-0.25, -0.2) is 9.58 Å². The van der Waals surface area contributed by atoms with Gasteiger partial charge in [-0.2, -0.15) is 0 Å². The average Bonchev–Trinajstić information content (AvgIpc) is 2.73. The molecule has 2 heterocycles. The number of benzene rings is 1. The maximum Gasteiger partial charge on any atom is 0.246 e. The number of hydrogen-bond donors (Lipinski definition) is 0. The van der Waals surface area contributed by atoms with Crippen LogP contribution in [0.1, 0.15) is 11.3 Å². The molecular formula is C13H16N5+. The Kier molecular flexibility index (Phi) is 2.59. The minimum absolute atomic E-state index is 0.755. The van der Waals surface area contributed by atoms with Crippen molar-refractivity contribution in [2.45, 2.75) is 13.1 Å². The van der Waals surface area contributed by atoms with Crippen LogP contribution in [0.25, 0.3) is 0 Å². The van der Waals surface area contributed by atoms with Crippen LogP contribution in [0.4, 0.5) is 5.82 Å². The van der Waals surface area contributed by atoms with Gasteiger partial charge in [0.05, 0.1) is 20.6 Å². The van der Waals surface area contributed by atoms with E-state index in [0.29, 0.717) is 0 Å². The topological polar surface area (TPSA) is 37.0 Å². The van der Waals surface area contributed by atoms with E-state index < -0.39 is 0 Å². The minimum Gasteiger partial charge on any atom is -0.265 e. The molecule has 0 bridgehead atoms. The molecule has 3 rings (SSSR count). The van der Waals surface area contributed by atoms with E-state index in [4.69, 9.17) is 0 Å². The summed E-state index contributed by atoms with van der Waals surface area (Å²) in [5, 5.41) is 8.52. The molecule has 0 atom stereocenters. The molecule has 5 nitrogen and oxygen atoms in total. The lowest BCUT2D eigenvalue weighted by Crippen LogP contribution is -2.30. The molecule has 5 heteroatoms. The molecule has 0 spiro atoms. The third-order valence-electron chi connectivity index (χ3n) is 3.05. The van der Waals surface area contributed by atoms with Gasteiger partial charge in [0.25, 0.3) is 0 Å². The first kappa shape index (κ1) is 11.0. The average molecular weight is 242 g/mol. The van der Waals surface area contributed by atoms with Crippen molar-refractivity contribution in [3.63, 3.8) is 0 Å². The number of rotatable bonds is 2. The van der Waals surface area contributed by atoms with Crippen molar-refractivity contribution in [2.24, 2.45) is 0 Å². The van der Waals surface area contributed by atoms with Gasteiger partial charge in [-0.05, 0) is 5.56 Å². The maximum atomic E-state index is 4.26. The second-order valence-electron chi connectivity index (χ2n) is 4.64. The van der Waals surface area contributed by atoms with Gasteiger partial charge in [-0.1, -0.05) is 35.5 Å². The van der Waals surface area contributed by atoms with Crippen LogP contribution < -0.4 is 4.90 Å². The van der Waals surface area contributed by atoms with E-state index in [9.17, 15) is 0 Å². The summed E-state index contributed by atoms with van der Waals surface area (Å²) in [5.41, 5.74) is 2.26. The number of anilines is 1. The van der Waals surface area contributed by atoms with Gasteiger partial charge >= 0.3 is 0 Å². The Morgan fingerprint density at radius 2 is 2.06 bits per heavy atom. The van der Waals surface area contributed by atoms with Crippen LogP contribution in [0, 0.1) is 0 Å². The van der Waals surface area contributed by atoms with E-state index in [1.54, 1.807) is 0 Å². The summed E-state index contributed by atoms with van der Waals surface area (Å²) in [5.74, 6) is 1.08. The zero-order chi connectivity index (χ0) is 12.5. The van der Waals surface area contributed by atoms with Gasteiger partial charge in [0.15, 0.2) is 5.69 Å². The smallest absolute Gasteiger partial charge is 0.246 e. The third-order valence-corrected chi connectivity index (χ3v) is 3.05. The summed E-state index contributed by atoms with van der Waals surface area (Å²) in [7, 11) is 4.06. The van der Waals surface area contributed by atoms with E-state index in [1.165, 1.54) is 5.56 Å². The van der Waals surface area contributed by atoms with Crippen LogP contribution in [0.2, 0.25) is 0 Å². The zero-order valence-corrected chi connectivity index (χ0v) is 10.6. The highest BCUT2D eigenvalue weighted by Crippen LogP contribution is 2.20. The fraction of sp³-hybridized carbons (Fsp3) is 0.308. The monoisotopic (exact) mass is 242 g/mol. The van der Waals surface area contributed by atoms with Crippen molar-refractivity contribution in [3.8, 4) is 0 Å². The number of hydrogen-bond acceptors (Lipinski definition) is 3. The number of fused-ring (bicyclic) bond motifs is 1. The van der Waals surface area contributed by atoms with E-state index in [2.05, 4.69) is 38.3 Å². The molecule has 0 radical (unpaired) electrons. The Morgan fingerprint density at radius 1 is 1.28 bits per heavy atom. The van der Waals surface area contributed by atoms with Crippen LogP contribution in [-0.2, 0) is 13.1 Å². The predicted molar refractivity (Wildman–Crippen MR) is 69.9 cm³/mol. The lowest BCUT2D eigenvalue weighted by atomic mass is 10.2. The Morgan fingerprint density at radius 3 is 2.83 bits per heavy atom. The zero-order valence-electron chi connectivity index (χ0n) is 10.6. The third kappa shape index (κ3) is 1.88. The molecule has 0 aliphatic carbocycles. The van der Waals surface area contributed by atoms with Gasteiger partial charge in [0.1, 0.15) is 6.54 Å². The van der Waals surface area contributed by atoms with Gasteiger partial charge in [-0.3, -0.25) is 4.58 Å². The second-order valence-corrected chi connectivity index (χ2v) is 4.64. The number of aromatic nitrogens is 3. The molecular weight excluding hydrogens is 226 g/mol. The summed E-state index contributed by atoms with van der Waals surface area (Å²) >= 11 is 0. The molecule has 92 valence electrons. The summed E-state index contributed by atoms with van der Waals surface area (Å²) < 4.78 is 4.05. The Hall–Kier alpha value is -2.17. The molecule has 2 aromatic rings. The lowest BCUT2D eigenvalue weighted by molar-refractivity contribution is -0.512. The Labute approximate surface area is 106 Å². The largest absolute Gasteiger partial charge is 0.265 e. The van der Waals surface area contributed by atoms with Gasteiger partial charge < -0.3 is 0 Å². The molecule has 1 aliphatic rings. The summed E-state index contributed by atoms with van der Waals surface area (Å²) in [6.45, 7) is 1.57. The van der Waals surface area contributed by atoms with Crippen LogP contribution in [0.3, 0.4) is 0 Å². The first-order valence-electron chi connectivity index (χ1n) is 5.98. The molecule has 1 aromatic carbocycles. The van der Waals surface area contributed by atoms with Crippen molar-refractivity contribution in [1.82, 2.24) is 15.0 Å². The standard InChI is InChI=1S/C13H16N5/c1-16-9-12-13(17(2)10-16)18(15-14-12)8-11-6-4-3-5-7-11/h3-7,10H,8-9H2,1-2H3/q+1. The van der Waals surface area contributed by atoms with Crippen molar-refractivity contribution in [3.05, 3.63) is 41.6 Å². The van der Waals surface area contributed by atoms with Crippen molar-refractivity contribution < 1.29 is 4.58 Å². The highest BCUT2D eigenvalue weighted by molar-refractivity contribution is 5.75. The molecule has 18 heavy (non-hydrogen) atoms. The van der Waals surface area contributed by atoms with E-state index in [0.717, 1.165) is 24.6 Å². The molecule has 0 saturated heterocycles. The fourth-order valence-electron chi connectivity index (χ4n) is 2.32. The quantitative estimate of drug-likeness (QED) is 0.736. The first-order chi connectivity index (χ1) is 8.74. The molecule has 0 amide bonds. The predicted octanol–water partition coefficient (Wildman–Crippen LogP) is 0.947. The lowest BCUT2D eigenvalue weighted by Gasteiger charge is -2.15. The fourth-order valence-corrected chi connectivity index (χ4v) is 2.32. The molecule has 0 unspecified atom stereocenters. The summed E-state index contributed by atoms with van der Waals surface area (Å²) in [6.07, 6.45) is 2.06. The van der Waals surface area contributed by atoms with E-state index in [-0.39, 0.29) is 0 Å². The molecule has 0 N–H and O–H groups in total. The van der Waals surface area contributed by atoms with Crippen LogP contribution in [0.5, 0.6) is 0 Å². The van der Waals surface area contributed by atoms with E-state index in [1.807, 2.05) is 37.0 Å². The Balaban J connectivity index is 1.93. The van der Waals surface area contributed by atoms with Crippen LogP contribution in [-0.4, -0.2) is 40.0 Å². The summed E-state index contributed by atoms with van der Waals surface area (Å²) in [6, 6.07) is 10.3. The normalized spacial score (nSPS) is 14.3. The van der Waals surface area contributed by atoms with Crippen LogP contribution >= 0.6 is 0 Å². The Bertz CT molecular complexity index is 585. The van der Waals surface area contributed by atoms with Crippen molar-refractivity contribution in [1.29, 1.82) is 0 Å². The van der Waals surface area contributed by atoms with Crippen LogP contribution in [0.15, 0.2) is 30.3 Å². The van der Waals surface area contributed by atoms with Gasteiger partial charge in [0.2, 0.25) is 12.2 Å². The molecule has 1 aliphatic heterocycles. The number of nitrogens with zero attached hydrogens (tertiary/aromatic N) is 5. The van der Waals surface area contributed by atoms with Crippen molar-refractivity contribution in [2.75, 3.05) is 19.0 Å². The highest BCUT2D eigenvalue weighted by atomic mass is 15.5.